The Bertz CT molecular complexity index is 396. The first-order valence-electron chi connectivity index (χ1n) is 6.75. The van der Waals surface area contributed by atoms with E-state index in [0.29, 0.717) is 12.1 Å². The molecule has 2 unspecified atom stereocenters. The lowest BCUT2D eigenvalue weighted by molar-refractivity contribution is 0.00926. The molecule has 0 aromatic heterocycles. The smallest absolute Gasteiger partial charge is 0.0592 e. The van der Waals surface area contributed by atoms with Gasteiger partial charge in [-0.2, -0.15) is 0 Å². The highest BCUT2D eigenvalue weighted by molar-refractivity contribution is 9.10. The van der Waals surface area contributed by atoms with E-state index >= 15 is 0 Å². The molecule has 1 aromatic carbocycles. The van der Waals surface area contributed by atoms with Gasteiger partial charge in [0.1, 0.15) is 0 Å². The average Bonchev–Trinajstić information content (AvgIpc) is 2.36. The predicted octanol–water partition coefficient (Wildman–Crippen LogP) is 4.44. The van der Waals surface area contributed by atoms with Crippen molar-refractivity contribution in [3.05, 3.63) is 27.7 Å². The van der Waals surface area contributed by atoms with Gasteiger partial charge in [-0.3, -0.25) is 0 Å². The summed E-state index contributed by atoms with van der Waals surface area (Å²) in [5.74, 6) is 0. The van der Waals surface area contributed by atoms with E-state index < -0.39 is 0 Å². The van der Waals surface area contributed by atoms with Crippen LogP contribution in [0.3, 0.4) is 0 Å². The Hall–Kier alpha value is -0.540. The van der Waals surface area contributed by atoms with Crippen LogP contribution in [0.4, 0.5) is 5.69 Å². The Morgan fingerprint density at radius 2 is 2.00 bits per heavy atom. The normalized spacial score (nSPS) is 24.0. The molecule has 0 spiro atoms. The van der Waals surface area contributed by atoms with Crippen molar-refractivity contribution in [1.29, 1.82) is 0 Å². The third kappa shape index (κ3) is 3.27. The quantitative estimate of drug-likeness (QED) is 0.891. The van der Waals surface area contributed by atoms with Gasteiger partial charge in [-0.05, 0) is 56.4 Å². The molecule has 0 bridgehead atoms. The van der Waals surface area contributed by atoms with E-state index in [-0.39, 0.29) is 0 Å². The fourth-order valence-electron chi connectivity index (χ4n) is 2.56. The molecule has 2 nitrogen and oxygen atoms in total. The summed E-state index contributed by atoms with van der Waals surface area (Å²) in [7, 11) is 0. The molecule has 0 radical (unpaired) electrons. The van der Waals surface area contributed by atoms with Crippen LogP contribution in [0, 0.1) is 13.8 Å². The Balaban J connectivity index is 2.05. The van der Waals surface area contributed by atoms with Crippen LogP contribution in [0.2, 0.25) is 0 Å². The molecule has 0 amide bonds. The summed E-state index contributed by atoms with van der Waals surface area (Å²) in [5.41, 5.74) is 3.81. The molecule has 3 heteroatoms. The maximum absolute atomic E-state index is 5.71. The van der Waals surface area contributed by atoms with E-state index in [1.165, 1.54) is 21.3 Å². The molecule has 1 fully saturated rings. The molecule has 2 atom stereocenters. The highest BCUT2D eigenvalue weighted by Gasteiger charge is 2.21. The summed E-state index contributed by atoms with van der Waals surface area (Å²) in [4.78, 5) is 0. The largest absolute Gasteiger partial charge is 0.382 e. The van der Waals surface area contributed by atoms with Crippen molar-refractivity contribution >= 4 is 21.6 Å². The second-order valence-electron chi connectivity index (χ2n) is 5.19. The summed E-state index contributed by atoms with van der Waals surface area (Å²) >= 11 is 3.61. The fraction of sp³-hybridized carbons (Fsp3) is 0.600. The number of hydrogen-bond donors (Lipinski definition) is 1. The zero-order valence-corrected chi connectivity index (χ0v) is 13.0. The van der Waals surface area contributed by atoms with Gasteiger partial charge >= 0.3 is 0 Å². The monoisotopic (exact) mass is 311 g/mol. The molecule has 18 heavy (non-hydrogen) atoms. The molecule has 1 saturated heterocycles. The lowest BCUT2D eigenvalue weighted by atomic mass is 10.0. The molecule has 1 N–H and O–H groups in total. The van der Waals surface area contributed by atoms with Crippen molar-refractivity contribution in [3.8, 4) is 0 Å². The highest BCUT2D eigenvalue weighted by atomic mass is 79.9. The summed E-state index contributed by atoms with van der Waals surface area (Å²) in [5, 5.41) is 3.65. The first-order chi connectivity index (χ1) is 8.60. The highest BCUT2D eigenvalue weighted by Crippen LogP contribution is 2.27. The molecule has 2 rings (SSSR count). The zero-order valence-electron chi connectivity index (χ0n) is 11.4. The molecular formula is C15H22BrNO. The van der Waals surface area contributed by atoms with Crippen LogP contribution in [-0.2, 0) is 4.74 Å². The van der Waals surface area contributed by atoms with E-state index in [1.54, 1.807) is 0 Å². The first kappa shape index (κ1) is 13.9. The van der Waals surface area contributed by atoms with Crippen LogP contribution in [0.25, 0.3) is 0 Å². The van der Waals surface area contributed by atoms with E-state index in [2.05, 4.69) is 54.2 Å². The average molecular weight is 312 g/mol. The predicted molar refractivity (Wildman–Crippen MR) is 80.3 cm³/mol. The van der Waals surface area contributed by atoms with Crippen LogP contribution in [0.15, 0.2) is 16.6 Å². The standard InChI is InChI=1S/C15H22BrNO/c1-4-14-9-12(5-6-18-14)17-13-7-10(2)15(16)11(3)8-13/h7-8,12,14,17H,4-6,9H2,1-3H3. The lowest BCUT2D eigenvalue weighted by Crippen LogP contribution is -2.33. The van der Waals surface area contributed by atoms with Crippen LogP contribution in [0.1, 0.15) is 37.3 Å². The lowest BCUT2D eigenvalue weighted by Gasteiger charge is -2.30. The third-order valence-electron chi connectivity index (χ3n) is 3.63. The van der Waals surface area contributed by atoms with E-state index in [9.17, 15) is 0 Å². The molecular weight excluding hydrogens is 290 g/mol. The zero-order chi connectivity index (χ0) is 13.1. The van der Waals surface area contributed by atoms with Gasteiger partial charge in [-0.25, -0.2) is 0 Å². The van der Waals surface area contributed by atoms with Crippen LogP contribution >= 0.6 is 15.9 Å². The van der Waals surface area contributed by atoms with Crippen LogP contribution < -0.4 is 5.32 Å². The van der Waals surface area contributed by atoms with Gasteiger partial charge < -0.3 is 10.1 Å². The number of benzene rings is 1. The Labute approximate surface area is 118 Å². The Morgan fingerprint density at radius 3 is 2.61 bits per heavy atom. The van der Waals surface area contributed by atoms with Gasteiger partial charge in [0.2, 0.25) is 0 Å². The van der Waals surface area contributed by atoms with Gasteiger partial charge in [0.25, 0.3) is 0 Å². The second-order valence-corrected chi connectivity index (χ2v) is 5.98. The van der Waals surface area contributed by atoms with Crippen molar-refractivity contribution in [2.45, 2.75) is 52.2 Å². The van der Waals surface area contributed by atoms with Crippen molar-refractivity contribution in [3.63, 3.8) is 0 Å². The van der Waals surface area contributed by atoms with Crippen molar-refractivity contribution in [1.82, 2.24) is 0 Å². The third-order valence-corrected chi connectivity index (χ3v) is 4.88. The molecule has 0 saturated carbocycles. The van der Waals surface area contributed by atoms with Gasteiger partial charge in [-0.1, -0.05) is 22.9 Å². The molecule has 100 valence electrons. The van der Waals surface area contributed by atoms with Crippen molar-refractivity contribution < 1.29 is 4.74 Å². The number of anilines is 1. The summed E-state index contributed by atoms with van der Waals surface area (Å²) < 4.78 is 6.93. The minimum Gasteiger partial charge on any atom is -0.382 e. The molecule has 0 aliphatic carbocycles. The minimum absolute atomic E-state index is 0.425. The van der Waals surface area contributed by atoms with E-state index in [4.69, 9.17) is 4.74 Å². The Kier molecular flexibility index (Phi) is 4.68. The molecule has 1 aliphatic rings. The van der Waals surface area contributed by atoms with Gasteiger partial charge in [0, 0.05) is 22.8 Å². The number of rotatable bonds is 3. The minimum atomic E-state index is 0.425. The van der Waals surface area contributed by atoms with Gasteiger partial charge in [-0.15, -0.1) is 0 Å². The number of ether oxygens (including phenoxy) is 1. The number of halogens is 1. The van der Waals surface area contributed by atoms with Gasteiger partial charge in [0.15, 0.2) is 0 Å². The molecule has 1 aliphatic heterocycles. The number of aryl methyl sites for hydroxylation is 2. The summed E-state index contributed by atoms with van der Waals surface area (Å²) in [6.45, 7) is 7.35. The number of hydrogen-bond acceptors (Lipinski definition) is 2. The van der Waals surface area contributed by atoms with Gasteiger partial charge in [0.05, 0.1) is 6.10 Å². The maximum atomic E-state index is 5.71. The number of nitrogens with one attached hydrogen (secondary N) is 1. The summed E-state index contributed by atoms with van der Waals surface area (Å²) in [6.07, 6.45) is 3.75. The van der Waals surface area contributed by atoms with Crippen LogP contribution in [-0.4, -0.2) is 18.8 Å². The maximum Gasteiger partial charge on any atom is 0.0592 e. The second kappa shape index (κ2) is 6.07. The topological polar surface area (TPSA) is 21.3 Å². The van der Waals surface area contributed by atoms with E-state index in [0.717, 1.165) is 25.9 Å². The first-order valence-corrected chi connectivity index (χ1v) is 7.54. The summed E-state index contributed by atoms with van der Waals surface area (Å²) in [6, 6.07) is 4.98. The SMILES string of the molecule is CCC1CC(Nc2cc(C)c(Br)c(C)c2)CCO1. The molecule has 1 aromatic rings. The van der Waals surface area contributed by atoms with Crippen molar-refractivity contribution in [2.75, 3.05) is 11.9 Å². The Morgan fingerprint density at radius 1 is 1.33 bits per heavy atom. The van der Waals surface area contributed by atoms with E-state index in [1.807, 2.05) is 0 Å². The van der Waals surface area contributed by atoms with Crippen LogP contribution in [0.5, 0.6) is 0 Å². The van der Waals surface area contributed by atoms with Crippen molar-refractivity contribution in [2.24, 2.45) is 0 Å². The fourth-order valence-corrected chi connectivity index (χ4v) is 2.79. The molecule has 1 heterocycles.